The van der Waals surface area contributed by atoms with Crippen LogP contribution >= 0.6 is 0 Å². The number of hydrogen-bond acceptors (Lipinski definition) is 4. The van der Waals surface area contributed by atoms with Crippen molar-refractivity contribution in [2.24, 2.45) is 0 Å². The number of hydrogen-bond donors (Lipinski definition) is 1. The maximum atomic E-state index is 11.7. The molecule has 1 aromatic carbocycles. The molecule has 0 heterocycles. The van der Waals surface area contributed by atoms with Gasteiger partial charge in [0, 0.05) is 26.6 Å². The van der Waals surface area contributed by atoms with Crippen molar-refractivity contribution in [2.75, 3.05) is 26.5 Å². The minimum atomic E-state index is -3.33. The molecule has 1 amide bonds. The first-order valence-corrected chi connectivity index (χ1v) is 8.00. The molecule has 7 heteroatoms. The molecule has 1 N–H and O–H groups in total. The molecule has 0 saturated heterocycles. The minimum Gasteiger partial charge on any atom is -0.497 e. The van der Waals surface area contributed by atoms with Gasteiger partial charge in [-0.15, -0.1) is 0 Å². The molecule has 0 aliphatic rings. The van der Waals surface area contributed by atoms with E-state index in [1.165, 1.54) is 11.2 Å². The van der Waals surface area contributed by atoms with Crippen molar-refractivity contribution in [1.82, 2.24) is 9.62 Å². The molecule has 0 aliphatic carbocycles. The average molecular weight is 300 g/mol. The van der Waals surface area contributed by atoms with Gasteiger partial charge in [0.25, 0.3) is 0 Å². The van der Waals surface area contributed by atoms with Gasteiger partial charge in [-0.1, -0.05) is 12.1 Å². The molecule has 0 fully saturated rings. The van der Waals surface area contributed by atoms with E-state index >= 15 is 0 Å². The molecule has 0 atom stereocenters. The van der Waals surface area contributed by atoms with Crippen molar-refractivity contribution in [3.63, 3.8) is 0 Å². The normalized spacial score (nSPS) is 11.4. The fourth-order valence-electron chi connectivity index (χ4n) is 1.65. The highest BCUT2D eigenvalue weighted by Gasteiger charge is 2.16. The third-order valence-corrected chi connectivity index (χ3v) is 3.97. The minimum absolute atomic E-state index is 0.178. The zero-order valence-corrected chi connectivity index (χ0v) is 12.7. The van der Waals surface area contributed by atoms with Gasteiger partial charge in [0.1, 0.15) is 5.75 Å². The largest absolute Gasteiger partial charge is 0.497 e. The molecule has 0 saturated carbocycles. The number of nitrogens with zero attached hydrogens (tertiary/aromatic N) is 1. The second kappa shape index (κ2) is 7.25. The van der Waals surface area contributed by atoms with Gasteiger partial charge >= 0.3 is 0 Å². The van der Waals surface area contributed by atoms with E-state index in [4.69, 9.17) is 4.74 Å². The molecule has 0 spiro atoms. The molecular formula is C13H20N2O4S. The van der Waals surface area contributed by atoms with Gasteiger partial charge in [0.2, 0.25) is 15.9 Å². The molecular weight excluding hydrogens is 280 g/mol. The van der Waals surface area contributed by atoms with Crippen molar-refractivity contribution in [3.05, 3.63) is 29.8 Å². The lowest BCUT2D eigenvalue weighted by molar-refractivity contribution is -0.118. The maximum Gasteiger partial charge on any atom is 0.216 e. The quantitative estimate of drug-likeness (QED) is 0.800. The van der Waals surface area contributed by atoms with E-state index in [0.29, 0.717) is 6.54 Å². The van der Waals surface area contributed by atoms with Crippen LogP contribution in [0.1, 0.15) is 12.5 Å². The van der Waals surface area contributed by atoms with E-state index in [1.54, 1.807) is 19.2 Å². The van der Waals surface area contributed by atoms with Crippen molar-refractivity contribution in [1.29, 1.82) is 0 Å². The summed E-state index contributed by atoms with van der Waals surface area (Å²) in [4.78, 5) is 10.8. The van der Waals surface area contributed by atoms with E-state index in [-0.39, 0.29) is 19.0 Å². The fraction of sp³-hybridized carbons (Fsp3) is 0.462. The van der Waals surface area contributed by atoms with Crippen molar-refractivity contribution in [2.45, 2.75) is 13.5 Å². The number of rotatable bonds is 7. The van der Waals surface area contributed by atoms with Crippen LogP contribution in [-0.4, -0.2) is 45.1 Å². The number of nitrogens with one attached hydrogen (secondary N) is 1. The van der Waals surface area contributed by atoms with Crippen LogP contribution < -0.4 is 10.1 Å². The summed E-state index contributed by atoms with van der Waals surface area (Å²) in [7, 11) is -1.75. The standard InChI is InChI=1S/C13H20N2O4S/c1-11(16)14-8-9-15(20(3,17)18)10-12-4-6-13(19-2)7-5-12/h4-7H,8-10H2,1-3H3,(H,14,16). The number of benzene rings is 1. The predicted octanol–water partition coefficient (Wildman–Crippen LogP) is 0.593. The third-order valence-electron chi connectivity index (χ3n) is 2.72. The van der Waals surface area contributed by atoms with Crippen LogP contribution in [0.2, 0.25) is 0 Å². The first kappa shape index (κ1) is 16.5. The second-order valence-electron chi connectivity index (χ2n) is 4.43. The molecule has 6 nitrogen and oxygen atoms in total. The highest BCUT2D eigenvalue weighted by atomic mass is 32.2. The molecule has 20 heavy (non-hydrogen) atoms. The van der Waals surface area contributed by atoms with Gasteiger partial charge in [0.15, 0.2) is 0 Å². The van der Waals surface area contributed by atoms with Gasteiger partial charge in [-0.25, -0.2) is 8.42 Å². The van der Waals surface area contributed by atoms with Gasteiger partial charge in [-0.2, -0.15) is 4.31 Å². The Balaban J connectivity index is 2.71. The van der Waals surface area contributed by atoms with Gasteiger partial charge in [-0.05, 0) is 17.7 Å². The summed E-state index contributed by atoms with van der Waals surface area (Å²) >= 11 is 0. The van der Waals surface area contributed by atoms with E-state index in [9.17, 15) is 13.2 Å². The number of sulfonamides is 1. The summed E-state index contributed by atoms with van der Waals surface area (Å²) < 4.78 is 29.8. The highest BCUT2D eigenvalue weighted by Crippen LogP contribution is 2.14. The maximum absolute atomic E-state index is 11.7. The fourth-order valence-corrected chi connectivity index (χ4v) is 2.46. The van der Waals surface area contributed by atoms with Crippen LogP contribution in [0.15, 0.2) is 24.3 Å². The summed E-state index contributed by atoms with van der Waals surface area (Å²) in [6.45, 7) is 2.19. The van der Waals surface area contributed by atoms with E-state index in [1.807, 2.05) is 12.1 Å². The molecule has 1 rings (SSSR count). The first-order chi connectivity index (χ1) is 9.32. The van der Waals surface area contributed by atoms with Gasteiger partial charge < -0.3 is 10.1 Å². The highest BCUT2D eigenvalue weighted by molar-refractivity contribution is 7.88. The van der Waals surface area contributed by atoms with Crippen LogP contribution in [0.25, 0.3) is 0 Å². The van der Waals surface area contributed by atoms with Crippen molar-refractivity contribution in [3.8, 4) is 5.75 Å². The van der Waals surface area contributed by atoms with Gasteiger partial charge in [0.05, 0.1) is 13.4 Å². The first-order valence-electron chi connectivity index (χ1n) is 6.15. The Morgan fingerprint density at radius 3 is 2.35 bits per heavy atom. The molecule has 112 valence electrons. The lowest BCUT2D eigenvalue weighted by atomic mass is 10.2. The predicted molar refractivity (Wildman–Crippen MR) is 76.9 cm³/mol. The molecule has 0 aromatic heterocycles. The Labute approximate surface area is 119 Å². The van der Waals surface area contributed by atoms with Crippen LogP contribution in [0, 0.1) is 0 Å². The summed E-state index contributed by atoms with van der Waals surface area (Å²) in [5.74, 6) is 0.542. The van der Waals surface area contributed by atoms with Crippen LogP contribution in [0.4, 0.5) is 0 Å². The lowest BCUT2D eigenvalue weighted by Crippen LogP contribution is -2.37. The summed E-state index contributed by atoms with van der Waals surface area (Å²) in [5, 5.41) is 2.59. The number of methoxy groups -OCH3 is 1. The second-order valence-corrected chi connectivity index (χ2v) is 6.41. The van der Waals surface area contributed by atoms with E-state index < -0.39 is 10.0 Å². The van der Waals surface area contributed by atoms with Crippen LogP contribution in [-0.2, 0) is 21.4 Å². The third kappa shape index (κ3) is 5.58. The SMILES string of the molecule is COc1ccc(CN(CCNC(C)=O)S(C)(=O)=O)cc1. The number of carbonyl (C=O) groups excluding carboxylic acids is 1. The summed E-state index contributed by atoms with van der Waals surface area (Å²) in [6.07, 6.45) is 1.16. The Bertz CT molecular complexity index is 540. The molecule has 0 unspecified atom stereocenters. The molecule has 0 radical (unpaired) electrons. The average Bonchev–Trinajstić information content (AvgIpc) is 2.37. The summed E-state index contributed by atoms with van der Waals surface area (Å²) in [5.41, 5.74) is 0.860. The monoisotopic (exact) mass is 300 g/mol. The van der Waals surface area contributed by atoms with Crippen LogP contribution in [0.3, 0.4) is 0 Å². The zero-order valence-electron chi connectivity index (χ0n) is 11.9. The zero-order chi connectivity index (χ0) is 15.2. The lowest BCUT2D eigenvalue weighted by Gasteiger charge is -2.20. The Kier molecular flexibility index (Phi) is 5.97. The Morgan fingerprint density at radius 1 is 1.30 bits per heavy atom. The van der Waals surface area contributed by atoms with E-state index in [0.717, 1.165) is 17.6 Å². The number of amides is 1. The molecule has 1 aromatic rings. The molecule has 0 bridgehead atoms. The number of ether oxygens (including phenoxy) is 1. The number of carbonyl (C=O) groups is 1. The van der Waals surface area contributed by atoms with Gasteiger partial charge in [-0.3, -0.25) is 4.79 Å². The van der Waals surface area contributed by atoms with Crippen LogP contribution in [0.5, 0.6) is 5.75 Å². The molecule has 0 aliphatic heterocycles. The topological polar surface area (TPSA) is 75.7 Å². The smallest absolute Gasteiger partial charge is 0.216 e. The van der Waals surface area contributed by atoms with Crippen molar-refractivity contribution < 1.29 is 17.9 Å². The Morgan fingerprint density at radius 2 is 1.90 bits per heavy atom. The Hall–Kier alpha value is -1.60. The van der Waals surface area contributed by atoms with E-state index in [2.05, 4.69) is 5.32 Å². The van der Waals surface area contributed by atoms with Crippen molar-refractivity contribution >= 4 is 15.9 Å². The summed E-state index contributed by atoms with van der Waals surface area (Å²) in [6, 6.07) is 7.19.